The number of hydrogen-bond donors (Lipinski definition) is 1. The Hall–Kier alpha value is -0.290. The summed E-state index contributed by atoms with van der Waals surface area (Å²) in [7, 11) is 1.70. The minimum Gasteiger partial charge on any atom is -0.327 e. The molecule has 1 heterocycles. The molecule has 0 saturated carbocycles. The van der Waals surface area contributed by atoms with E-state index in [1.807, 2.05) is 0 Å². The van der Waals surface area contributed by atoms with Crippen LogP contribution < -0.4 is 5.73 Å². The van der Waals surface area contributed by atoms with Crippen molar-refractivity contribution in [3.05, 3.63) is 0 Å². The van der Waals surface area contributed by atoms with Crippen LogP contribution in [-0.4, -0.2) is 36.8 Å². The highest BCUT2D eigenvalue weighted by Gasteiger charge is 2.35. The summed E-state index contributed by atoms with van der Waals surface area (Å²) >= 11 is 0. The highest BCUT2D eigenvalue weighted by atomic mass is 19.4. The van der Waals surface area contributed by atoms with E-state index in [0.717, 1.165) is 0 Å². The zero-order chi connectivity index (χ0) is 10.1. The van der Waals surface area contributed by atoms with Crippen LogP contribution in [0.4, 0.5) is 13.2 Å². The van der Waals surface area contributed by atoms with E-state index in [9.17, 15) is 13.2 Å². The van der Waals surface area contributed by atoms with Gasteiger partial charge in [-0.15, -0.1) is 0 Å². The van der Waals surface area contributed by atoms with Crippen molar-refractivity contribution in [2.24, 2.45) is 5.73 Å². The van der Waals surface area contributed by atoms with E-state index < -0.39 is 12.6 Å². The number of likely N-dealkylation sites (tertiary alicyclic amines) is 1. The third-order valence-corrected chi connectivity index (χ3v) is 2.48. The highest BCUT2D eigenvalue weighted by Crippen LogP contribution is 2.28. The van der Waals surface area contributed by atoms with Crippen LogP contribution in [0, 0.1) is 0 Å². The summed E-state index contributed by atoms with van der Waals surface area (Å²) < 4.78 is 36.2. The predicted octanol–water partition coefficient (Wildman–Crippen LogP) is 1.36. The molecular weight excluding hydrogens is 181 g/mol. The predicted molar refractivity (Wildman–Crippen MR) is 44.3 cm³/mol. The Morgan fingerprint density at radius 3 is 2.46 bits per heavy atom. The molecular formula is C8H15F3N2. The summed E-state index contributed by atoms with van der Waals surface area (Å²) in [6.45, 7) is 0.570. The Kier molecular flexibility index (Phi) is 3.18. The molecule has 0 spiro atoms. The SMILES string of the molecule is CN1CC(N)CCC1CC(F)(F)F. The Balaban J connectivity index is 2.43. The van der Waals surface area contributed by atoms with Crippen LogP contribution in [0.1, 0.15) is 19.3 Å². The van der Waals surface area contributed by atoms with Gasteiger partial charge in [-0.3, -0.25) is 0 Å². The Morgan fingerprint density at radius 1 is 1.38 bits per heavy atom. The highest BCUT2D eigenvalue weighted by molar-refractivity contribution is 4.82. The topological polar surface area (TPSA) is 29.3 Å². The number of nitrogens with two attached hydrogens (primary N) is 1. The van der Waals surface area contributed by atoms with Crippen molar-refractivity contribution >= 4 is 0 Å². The molecule has 1 saturated heterocycles. The fourth-order valence-corrected chi connectivity index (χ4v) is 1.76. The largest absolute Gasteiger partial charge is 0.390 e. The standard InChI is InChI=1S/C8H15F3N2/c1-13-5-6(12)2-3-7(13)4-8(9,10)11/h6-7H,2-5,12H2,1H3. The molecule has 2 nitrogen and oxygen atoms in total. The van der Waals surface area contributed by atoms with E-state index in [0.29, 0.717) is 19.4 Å². The molecule has 0 aromatic rings. The van der Waals surface area contributed by atoms with Crippen molar-refractivity contribution in [1.29, 1.82) is 0 Å². The van der Waals surface area contributed by atoms with E-state index in [1.165, 1.54) is 0 Å². The normalized spacial score (nSPS) is 32.1. The zero-order valence-corrected chi connectivity index (χ0v) is 7.64. The number of nitrogens with zero attached hydrogens (tertiary/aromatic N) is 1. The molecule has 2 unspecified atom stereocenters. The quantitative estimate of drug-likeness (QED) is 0.686. The minimum absolute atomic E-state index is 0.0366. The van der Waals surface area contributed by atoms with Crippen molar-refractivity contribution in [3.63, 3.8) is 0 Å². The maximum atomic E-state index is 12.1. The molecule has 0 radical (unpaired) electrons. The number of rotatable bonds is 1. The maximum Gasteiger partial charge on any atom is 0.390 e. The molecule has 0 bridgehead atoms. The lowest BCUT2D eigenvalue weighted by atomic mass is 9.97. The second-order valence-electron chi connectivity index (χ2n) is 3.75. The van der Waals surface area contributed by atoms with Crippen LogP contribution in [0.15, 0.2) is 0 Å². The van der Waals surface area contributed by atoms with Crippen molar-refractivity contribution in [2.45, 2.75) is 37.5 Å². The van der Waals surface area contributed by atoms with E-state index in [2.05, 4.69) is 0 Å². The lowest BCUT2D eigenvalue weighted by Gasteiger charge is -2.36. The van der Waals surface area contributed by atoms with Gasteiger partial charge in [0.25, 0.3) is 0 Å². The third kappa shape index (κ3) is 3.52. The molecule has 1 fully saturated rings. The molecule has 0 aromatic heterocycles. The van der Waals surface area contributed by atoms with Crippen LogP contribution in [0.2, 0.25) is 0 Å². The summed E-state index contributed by atoms with van der Waals surface area (Å²) in [4.78, 5) is 1.71. The van der Waals surface area contributed by atoms with Gasteiger partial charge in [0.2, 0.25) is 0 Å². The molecule has 2 atom stereocenters. The van der Waals surface area contributed by atoms with Crippen molar-refractivity contribution in [3.8, 4) is 0 Å². The number of likely N-dealkylation sites (N-methyl/N-ethyl adjacent to an activating group) is 1. The van der Waals surface area contributed by atoms with Crippen LogP contribution in [0.25, 0.3) is 0 Å². The van der Waals surface area contributed by atoms with Crippen LogP contribution >= 0.6 is 0 Å². The molecule has 13 heavy (non-hydrogen) atoms. The van der Waals surface area contributed by atoms with Crippen LogP contribution in [0.3, 0.4) is 0 Å². The van der Waals surface area contributed by atoms with Gasteiger partial charge >= 0.3 is 6.18 Å². The lowest BCUT2D eigenvalue weighted by Crippen LogP contribution is -2.47. The van der Waals surface area contributed by atoms with Gasteiger partial charge in [-0.1, -0.05) is 0 Å². The van der Waals surface area contributed by atoms with E-state index in [1.54, 1.807) is 11.9 Å². The minimum atomic E-state index is -4.06. The fraction of sp³-hybridized carbons (Fsp3) is 1.00. The number of alkyl halides is 3. The molecule has 5 heteroatoms. The Morgan fingerprint density at radius 2 is 2.00 bits per heavy atom. The smallest absolute Gasteiger partial charge is 0.327 e. The summed E-state index contributed by atoms with van der Waals surface area (Å²) in [6, 6.07) is -0.339. The summed E-state index contributed by atoms with van der Waals surface area (Å²) in [5.74, 6) is 0. The molecule has 2 N–H and O–H groups in total. The summed E-state index contributed by atoms with van der Waals surface area (Å²) in [5, 5.41) is 0. The van der Waals surface area contributed by atoms with Gasteiger partial charge in [-0.2, -0.15) is 13.2 Å². The number of hydrogen-bond acceptors (Lipinski definition) is 2. The first-order valence-electron chi connectivity index (χ1n) is 4.41. The van der Waals surface area contributed by atoms with Crippen molar-refractivity contribution in [2.75, 3.05) is 13.6 Å². The van der Waals surface area contributed by atoms with Gasteiger partial charge in [0, 0.05) is 18.6 Å². The Bertz CT molecular complexity index is 169. The molecule has 0 aliphatic carbocycles. The third-order valence-electron chi connectivity index (χ3n) is 2.48. The van der Waals surface area contributed by atoms with E-state index in [4.69, 9.17) is 5.73 Å². The lowest BCUT2D eigenvalue weighted by molar-refractivity contribution is -0.149. The zero-order valence-electron chi connectivity index (χ0n) is 7.64. The van der Waals surface area contributed by atoms with Gasteiger partial charge < -0.3 is 10.6 Å². The van der Waals surface area contributed by atoms with Gasteiger partial charge in [0.1, 0.15) is 0 Å². The van der Waals surface area contributed by atoms with E-state index in [-0.39, 0.29) is 12.1 Å². The van der Waals surface area contributed by atoms with Crippen molar-refractivity contribution < 1.29 is 13.2 Å². The number of halogens is 3. The van der Waals surface area contributed by atoms with E-state index >= 15 is 0 Å². The molecule has 1 aliphatic heterocycles. The summed E-state index contributed by atoms with van der Waals surface area (Å²) in [5.41, 5.74) is 5.63. The molecule has 0 amide bonds. The number of piperidine rings is 1. The van der Waals surface area contributed by atoms with Crippen LogP contribution in [-0.2, 0) is 0 Å². The first kappa shape index (κ1) is 10.8. The van der Waals surface area contributed by atoms with Crippen molar-refractivity contribution in [1.82, 2.24) is 4.90 Å². The molecule has 1 aliphatic rings. The maximum absolute atomic E-state index is 12.1. The molecule has 78 valence electrons. The molecule has 1 rings (SSSR count). The van der Waals surface area contributed by atoms with Gasteiger partial charge in [0.15, 0.2) is 0 Å². The molecule has 0 aromatic carbocycles. The van der Waals surface area contributed by atoms with Gasteiger partial charge in [0.05, 0.1) is 6.42 Å². The summed E-state index contributed by atoms with van der Waals surface area (Å²) in [6.07, 6.45) is -3.52. The van der Waals surface area contributed by atoms with Gasteiger partial charge in [-0.05, 0) is 19.9 Å². The average molecular weight is 196 g/mol. The Labute approximate surface area is 75.9 Å². The van der Waals surface area contributed by atoms with Crippen LogP contribution in [0.5, 0.6) is 0 Å². The fourth-order valence-electron chi connectivity index (χ4n) is 1.76. The average Bonchev–Trinajstić information content (AvgIpc) is 1.93. The first-order chi connectivity index (χ1) is 5.88. The first-order valence-corrected chi connectivity index (χ1v) is 4.41. The second kappa shape index (κ2) is 3.84. The second-order valence-corrected chi connectivity index (χ2v) is 3.75. The monoisotopic (exact) mass is 196 g/mol. The van der Waals surface area contributed by atoms with Gasteiger partial charge in [-0.25, -0.2) is 0 Å².